The van der Waals surface area contributed by atoms with Crippen molar-refractivity contribution in [3.05, 3.63) is 26.6 Å². The topological polar surface area (TPSA) is 75.3 Å². The molecule has 7 heteroatoms. The highest BCUT2D eigenvalue weighted by molar-refractivity contribution is 7.18. The highest BCUT2D eigenvalue weighted by atomic mass is 32.1. The van der Waals surface area contributed by atoms with E-state index in [1.807, 2.05) is 0 Å². The fourth-order valence-electron chi connectivity index (χ4n) is 4.43. The Hall–Kier alpha value is -1.73. The molecule has 0 saturated carbocycles. The van der Waals surface area contributed by atoms with Crippen LogP contribution in [0.25, 0.3) is 10.2 Å². The fraction of sp³-hybridized carbons (Fsp3) is 0.650. The molecule has 2 aromatic heterocycles. The van der Waals surface area contributed by atoms with E-state index >= 15 is 0 Å². The number of ether oxygens (including phenoxy) is 1. The van der Waals surface area contributed by atoms with Gasteiger partial charge in [0.25, 0.3) is 5.56 Å². The number of nitrogens with zero attached hydrogens (tertiary/aromatic N) is 2. The Bertz CT molecular complexity index is 911. The number of fused-ring (bicyclic) bond motifs is 3. The number of aromatic nitrogens is 2. The van der Waals surface area contributed by atoms with E-state index in [0.717, 1.165) is 61.2 Å². The van der Waals surface area contributed by atoms with Crippen molar-refractivity contribution in [2.24, 2.45) is 11.8 Å². The van der Waals surface area contributed by atoms with Crippen LogP contribution in [0, 0.1) is 11.8 Å². The van der Waals surface area contributed by atoms with E-state index in [-0.39, 0.29) is 23.5 Å². The van der Waals surface area contributed by atoms with Gasteiger partial charge in [0.2, 0.25) is 0 Å². The molecule has 27 heavy (non-hydrogen) atoms. The van der Waals surface area contributed by atoms with Gasteiger partial charge in [0.1, 0.15) is 10.7 Å². The number of aryl methyl sites for hydroxylation is 1. The molecular weight excluding hydrogens is 362 g/mol. The van der Waals surface area contributed by atoms with E-state index in [0.29, 0.717) is 5.92 Å². The molecule has 146 valence electrons. The van der Waals surface area contributed by atoms with Crippen LogP contribution in [0.15, 0.2) is 4.79 Å². The van der Waals surface area contributed by atoms with Crippen molar-refractivity contribution >= 4 is 27.5 Å². The first kappa shape index (κ1) is 18.6. The third-order valence-corrected chi connectivity index (χ3v) is 7.34. The summed E-state index contributed by atoms with van der Waals surface area (Å²) in [5.41, 5.74) is 1.22. The molecule has 2 aliphatic rings. The Morgan fingerprint density at radius 1 is 1.33 bits per heavy atom. The van der Waals surface area contributed by atoms with Gasteiger partial charge in [-0.05, 0) is 63.6 Å². The number of carbonyl (C=O) groups excluding carboxylic acids is 1. The smallest absolute Gasteiger partial charge is 0.308 e. The fourth-order valence-corrected chi connectivity index (χ4v) is 5.82. The van der Waals surface area contributed by atoms with Gasteiger partial charge in [-0.25, -0.2) is 4.98 Å². The van der Waals surface area contributed by atoms with Gasteiger partial charge >= 0.3 is 5.97 Å². The van der Waals surface area contributed by atoms with E-state index in [1.54, 1.807) is 11.3 Å². The number of carbonyl (C=O) groups is 1. The summed E-state index contributed by atoms with van der Waals surface area (Å²) in [6, 6.07) is 0.0266. The second kappa shape index (κ2) is 7.36. The van der Waals surface area contributed by atoms with E-state index in [2.05, 4.69) is 23.7 Å². The van der Waals surface area contributed by atoms with Crippen LogP contribution in [-0.4, -0.2) is 41.0 Å². The average molecular weight is 390 g/mol. The minimum atomic E-state index is -0.117. The quantitative estimate of drug-likeness (QED) is 0.817. The van der Waals surface area contributed by atoms with Crippen LogP contribution in [-0.2, 0) is 22.4 Å². The molecule has 1 N–H and O–H groups in total. The van der Waals surface area contributed by atoms with Crippen molar-refractivity contribution in [3.63, 3.8) is 0 Å². The molecule has 6 nitrogen and oxygen atoms in total. The van der Waals surface area contributed by atoms with Crippen molar-refractivity contribution in [1.82, 2.24) is 14.9 Å². The number of nitrogens with one attached hydrogen (secondary N) is 1. The summed E-state index contributed by atoms with van der Waals surface area (Å²) < 4.78 is 4.87. The van der Waals surface area contributed by atoms with Gasteiger partial charge in [-0.2, -0.15) is 0 Å². The second-order valence-electron chi connectivity index (χ2n) is 7.99. The minimum absolute atomic E-state index is 0.00153. The van der Waals surface area contributed by atoms with Gasteiger partial charge in [0, 0.05) is 4.88 Å². The van der Waals surface area contributed by atoms with E-state index in [1.165, 1.54) is 17.6 Å². The average Bonchev–Trinajstić information content (AvgIpc) is 3.04. The molecule has 2 aromatic rings. The Morgan fingerprint density at radius 2 is 2.07 bits per heavy atom. The van der Waals surface area contributed by atoms with Crippen LogP contribution in [0.4, 0.5) is 0 Å². The van der Waals surface area contributed by atoms with Gasteiger partial charge in [0.15, 0.2) is 0 Å². The zero-order valence-corrected chi connectivity index (χ0v) is 17.0. The van der Waals surface area contributed by atoms with E-state index < -0.39 is 0 Å². The number of esters is 1. The molecule has 0 bridgehead atoms. The number of piperidine rings is 1. The van der Waals surface area contributed by atoms with Crippen LogP contribution >= 0.6 is 11.3 Å². The number of H-pyrrole nitrogens is 1. The Morgan fingerprint density at radius 3 is 2.78 bits per heavy atom. The van der Waals surface area contributed by atoms with Crippen molar-refractivity contribution in [2.75, 3.05) is 20.2 Å². The second-order valence-corrected chi connectivity index (χ2v) is 9.08. The number of aromatic amines is 1. The van der Waals surface area contributed by atoms with Crippen LogP contribution in [0.1, 0.15) is 55.4 Å². The highest BCUT2D eigenvalue weighted by Crippen LogP contribution is 2.36. The van der Waals surface area contributed by atoms with E-state index in [9.17, 15) is 9.59 Å². The molecule has 2 atom stereocenters. The lowest BCUT2D eigenvalue weighted by atomic mass is 9.89. The molecule has 0 unspecified atom stereocenters. The molecule has 1 saturated heterocycles. The molecule has 1 fully saturated rings. The van der Waals surface area contributed by atoms with Crippen LogP contribution in [0.3, 0.4) is 0 Å². The monoisotopic (exact) mass is 389 g/mol. The normalized spacial score (nSPS) is 22.6. The van der Waals surface area contributed by atoms with Gasteiger partial charge in [-0.1, -0.05) is 6.92 Å². The zero-order valence-electron chi connectivity index (χ0n) is 16.2. The number of likely N-dealkylation sites (tertiary alicyclic amines) is 1. The first-order valence-electron chi connectivity index (χ1n) is 9.84. The van der Waals surface area contributed by atoms with Crippen molar-refractivity contribution in [3.8, 4) is 0 Å². The van der Waals surface area contributed by atoms with Crippen molar-refractivity contribution < 1.29 is 9.53 Å². The number of hydrogen-bond acceptors (Lipinski definition) is 6. The van der Waals surface area contributed by atoms with Gasteiger partial charge in [0.05, 0.1) is 24.5 Å². The van der Waals surface area contributed by atoms with E-state index in [4.69, 9.17) is 9.72 Å². The molecule has 1 aliphatic carbocycles. The number of hydrogen-bond donors (Lipinski definition) is 1. The molecule has 0 spiro atoms. The largest absolute Gasteiger partial charge is 0.469 e. The third kappa shape index (κ3) is 3.43. The first-order valence-corrected chi connectivity index (χ1v) is 10.7. The Kier molecular flexibility index (Phi) is 5.07. The number of rotatable bonds is 3. The molecule has 0 amide bonds. The number of methoxy groups -OCH3 is 1. The summed E-state index contributed by atoms with van der Waals surface area (Å²) in [6.07, 6.45) is 4.76. The van der Waals surface area contributed by atoms with Crippen molar-refractivity contribution in [2.45, 2.75) is 52.0 Å². The van der Waals surface area contributed by atoms with Crippen LogP contribution in [0.2, 0.25) is 0 Å². The summed E-state index contributed by atoms with van der Waals surface area (Å²) in [5, 5.41) is 0.808. The number of thiophene rings is 1. The molecule has 1 aliphatic heterocycles. The predicted molar refractivity (Wildman–Crippen MR) is 106 cm³/mol. The molecular formula is C20H27N3O3S. The summed E-state index contributed by atoms with van der Waals surface area (Å²) in [6.45, 7) is 5.97. The zero-order chi connectivity index (χ0) is 19.1. The summed E-state index contributed by atoms with van der Waals surface area (Å²) >= 11 is 1.69. The molecule has 0 radical (unpaired) electrons. The maximum atomic E-state index is 12.8. The lowest BCUT2D eigenvalue weighted by Crippen LogP contribution is -2.39. The predicted octanol–water partition coefficient (Wildman–Crippen LogP) is 3.06. The first-order chi connectivity index (χ1) is 13.0. The highest BCUT2D eigenvalue weighted by Gasteiger charge is 2.30. The third-order valence-electron chi connectivity index (χ3n) is 6.19. The molecule has 4 rings (SSSR count). The van der Waals surface area contributed by atoms with Crippen molar-refractivity contribution in [1.29, 1.82) is 0 Å². The maximum Gasteiger partial charge on any atom is 0.308 e. The van der Waals surface area contributed by atoms with Gasteiger partial charge in [-0.15, -0.1) is 11.3 Å². The Balaban J connectivity index is 1.57. The Labute approximate surface area is 162 Å². The molecule has 3 heterocycles. The van der Waals surface area contributed by atoms with Gasteiger partial charge in [-0.3, -0.25) is 14.5 Å². The lowest BCUT2D eigenvalue weighted by Gasteiger charge is -2.34. The summed E-state index contributed by atoms with van der Waals surface area (Å²) in [4.78, 5) is 36.9. The maximum absolute atomic E-state index is 12.8. The SMILES string of the molecule is COC(=O)C1CCN([C@H](C)c2nc3sc4c(c3c(=O)[nH]2)CC[C@H](C)C4)CC1. The minimum Gasteiger partial charge on any atom is -0.469 e. The summed E-state index contributed by atoms with van der Waals surface area (Å²) in [5.74, 6) is 1.28. The summed E-state index contributed by atoms with van der Waals surface area (Å²) in [7, 11) is 1.45. The van der Waals surface area contributed by atoms with Crippen LogP contribution in [0.5, 0.6) is 0 Å². The van der Waals surface area contributed by atoms with Crippen LogP contribution < -0.4 is 5.56 Å². The van der Waals surface area contributed by atoms with Gasteiger partial charge < -0.3 is 9.72 Å². The lowest BCUT2D eigenvalue weighted by molar-refractivity contribution is -0.147. The standard InChI is InChI=1S/C20H27N3O3S/c1-11-4-5-14-15(10-11)27-19-16(14)18(24)21-17(22-19)12(2)23-8-6-13(7-9-23)20(25)26-3/h11-13H,4-10H2,1-3H3,(H,21,22,24)/t11-,12+/m0/s1. The molecule has 0 aromatic carbocycles.